The third-order valence-electron chi connectivity index (χ3n) is 5.15. The van der Waals surface area contributed by atoms with Gasteiger partial charge in [0.25, 0.3) is 0 Å². The first-order valence-corrected chi connectivity index (χ1v) is 11.2. The summed E-state index contributed by atoms with van der Waals surface area (Å²) in [7, 11) is 0. The van der Waals surface area contributed by atoms with Gasteiger partial charge in [-0.3, -0.25) is 19.4 Å². The van der Waals surface area contributed by atoms with Crippen LogP contribution in [0.2, 0.25) is 15.1 Å². The molecule has 1 saturated heterocycles. The van der Waals surface area contributed by atoms with Crippen LogP contribution >= 0.6 is 34.8 Å². The Balaban J connectivity index is 1.40. The number of amides is 2. The van der Waals surface area contributed by atoms with E-state index in [9.17, 15) is 9.59 Å². The quantitative estimate of drug-likeness (QED) is 0.623. The van der Waals surface area contributed by atoms with E-state index in [1.54, 1.807) is 24.3 Å². The Morgan fingerprint density at radius 1 is 0.903 bits per heavy atom. The van der Waals surface area contributed by atoms with Crippen molar-refractivity contribution in [3.05, 3.63) is 63.1 Å². The summed E-state index contributed by atoms with van der Waals surface area (Å²) in [5, 5.41) is 7.43. The number of halogens is 3. The Hall–Kier alpha value is -1.83. The van der Waals surface area contributed by atoms with E-state index in [0.29, 0.717) is 53.5 Å². The first kappa shape index (κ1) is 23.8. The molecule has 6 nitrogen and oxygen atoms in total. The minimum Gasteiger partial charge on any atom is -0.348 e. The van der Waals surface area contributed by atoms with Crippen LogP contribution in [-0.2, 0) is 9.59 Å². The summed E-state index contributed by atoms with van der Waals surface area (Å²) < 4.78 is 0. The zero-order valence-corrected chi connectivity index (χ0v) is 19.5. The molecule has 0 bridgehead atoms. The summed E-state index contributed by atoms with van der Waals surface area (Å²) in [4.78, 5) is 28.9. The summed E-state index contributed by atoms with van der Waals surface area (Å²) in [6, 6.07) is 12.2. The highest BCUT2D eigenvalue weighted by atomic mass is 35.5. The van der Waals surface area contributed by atoms with Gasteiger partial charge in [-0.1, -0.05) is 53.0 Å². The fraction of sp³-hybridized carbons (Fsp3) is 0.364. The Morgan fingerprint density at radius 2 is 1.52 bits per heavy atom. The van der Waals surface area contributed by atoms with E-state index in [0.717, 1.165) is 5.56 Å². The zero-order chi connectivity index (χ0) is 22.4. The number of benzene rings is 2. The van der Waals surface area contributed by atoms with Crippen LogP contribution in [0.1, 0.15) is 18.5 Å². The zero-order valence-electron chi connectivity index (χ0n) is 17.2. The van der Waals surface area contributed by atoms with Gasteiger partial charge in [-0.25, -0.2) is 0 Å². The molecule has 0 spiro atoms. The standard InChI is InChI=1S/C22H25Cl3N4O2/c1-15(17-7-6-16(23)12-19(17)25)26-21(30)13-28-8-10-29(11-9-28)14-22(31)27-20-5-3-2-4-18(20)24/h2-7,12,15H,8-11,13-14H2,1H3,(H,26,30)(H,27,31). The second kappa shape index (κ2) is 11.2. The lowest BCUT2D eigenvalue weighted by atomic mass is 10.1. The van der Waals surface area contributed by atoms with E-state index in [2.05, 4.69) is 20.4 Å². The number of hydrogen-bond acceptors (Lipinski definition) is 4. The van der Waals surface area contributed by atoms with Crippen molar-refractivity contribution in [3.63, 3.8) is 0 Å². The fourth-order valence-electron chi connectivity index (χ4n) is 3.48. The maximum absolute atomic E-state index is 12.5. The van der Waals surface area contributed by atoms with Gasteiger partial charge in [0, 0.05) is 36.2 Å². The molecule has 2 N–H and O–H groups in total. The predicted molar refractivity (Wildman–Crippen MR) is 126 cm³/mol. The minimum absolute atomic E-state index is 0.0663. The molecule has 3 rings (SSSR count). The van der Waals surface area contributed by atoms with Crippen molar-refractivity contribution in [2.24, 2.45) is 0 Å². The van der Waals surface area contributed by atoms with Crippen LogP contribution in [0.15, 0.2) is 42.5 Å². The minimum atomic E-state index is -0.216. The van der Waals surface area contributed by atoms with Crippen LogP contribution in [0, 0.1) is 0 Å². The van der Waals surface area contributed by atoms with Gasteiger partial charge in [-0.2, -0.15) is 0 Å². The first-order chi connectivity index (χ1) is 14.8. The average molecular weight is 484 g/mol. The van der Waals surface area contributed by atoms with Crippen molar-refractivity contribution >= 4 is 52.3 Å². The molecule has 0 aromatic heterocycles. The molecule has 0 aliphatic carbocycles. The molecule has 2 amide bonds. The number of anilines is 1. The molecule has 1 atom stereocenters. The van der Waals surface area contributed by atoms with Gasteiger partial charge < -0.3 is 10.6 Å². The lowest BCUT2D eigenvalue weighted by molar-refractivity contribution is -0.124. The molecule has 0 radical (unpaired) electrons. The summed E-state index contributed by atoms with van der Waals surface area (Å²) in [5.74, 6) is -0.170. The number of hydrogen-bond donors (Lipinski definition) is 2. The maximum Gasteiger partial charge on any atom is 0.238 e. The smallest absolute Gasteiger partial charge is 0.238 e. The lowest BCUT2D eigenvalue weighted by Gasteiger charge is -2.34. The van der Waals surface area contributed by atoms with Crippen molar-refractivity contribution in [1.82, 2.24) is 15.1 Å². The molecule has 166 valence electrons. The molecule has 1 aliphatic rings. The second-order valence-corrected chi connectivity index (χ2v) is 8.79. The number of rotatable bonds is 7. The summed E-state index contributed by atoms with van der Waals surface area (Å²) >= 11 is 18.2. The van der Waals surface area contributed by atoms with Crippen LogP contribution in [0.4, 0.5) is 5.69 Å². The van der Waals surface area contributed by atoms with E-state index >= 15 is 0 Å². The van der Waals surface area contributed by atoms with Crippen molar-refractivity contribution in [2.45, 2.75) is 13.0 Å². The molecule has 2 aromatic rings. The third-order valence-corrected chi connectivity index (χ3v) is 6.05. The maximum atomic E-state index is 12.5. The number of nitrogens with zero attached hydrogens (tertiary/aromatic N) is 2. The Morgan fingerprint density at radius 3 is 2.13 bits per heavy atom. The highest BCUT2D eigenvalue weighted by Gasteiger charge is 2.22. The molecule has 9 heteroatoms. The van der Waals surface area contributed by atoms with E-state index in [1.165, 1.54) is 0 Å². The van der Waals surface area contributed by atoms with Gasteiger partial charge in [0.15, 0.2) is 0 Å². The third kappa shape index (κ3) is 7.09. The highest BCUT2D eigenvalue weighted by Crippen LogP contribution is 2.26. The van der Waals surface area contributed by atoms with Crippen molar-refractivity contribution < 1.29 is 9.59 Å². The van der Waals surface area contributed by atoms with Crippen molar-refractivity contribution in [1.29, 1.82) is 0 Å². The summed E-state index contributed by atoms with van der Waals surface area (Å²) in [5.41, 5.74) is 1.44. The van der Waals surface area contributed by atoms with Gasteiger partial charge in [-0.15, -0.1) is 0 Å². The van der Waals surface area contributed by atoms with E-state index < -0.39 is 0 Å². The van der Waals surface area contributed by atoms with Gasteiger partial charge in [-0.05, 0) is 36.8 Å². The van der Waals surface area contributed by atoms with E-state index in [4.69, 9.17) is 34.8 Å². The second-order valence-electron chi connectivity index (χ2n) is 7.54. The number of piperazine rings is 1. The number of nitrogens with one attached hydrogen (secondary N) is 2. The monoisotopic (exact) mass is 482 g/mol. The van der Waals surface area contributed by atoms with Gasteiger partial charge in [0.1, 0.15) is 0 Å². The Bertz CT molecular complexity index is 933. The molecular weight excluding hydrogens is 459 g/mol. The molecule has 1 heterocycles. The van der Waals surface area contributed by atoms with Crippen LogP contribution in [0.5, 0.6) is 0 Å². The lowest BCUT2D eigenvalue weighted by Crippen LogP contribution is -2.51. The topological polar surface area (TPSA) is 64.7 Å². The summed E-state index contributed by atoms with van der Waals surface area (Å²) in [6.45, 7) is 5.32. The van der Waals surface area contributed by atoms with Crippen LogP contribution in [0.25, 0.3) is 0 Å². The van der Waals surface area contributed by atoms with Gasteiger partial charge >= 0.3 is 0 Å². The predicted octanol–water partition coefficient (Wildman–Crippen LogP) is 4.08. The molecule has 1 unspecified atom stereocenters. The first-order valence-electron chi connectivity index (χ1n) is 10.0. The number of para-hydroxylation sites is 1. The Kier molecular flexibility index (Phi) is 8.58. The highest BCUT2D eigenvalue weighted by molar-refractivity contribution is 6.35. The van der Waals surface area contributed by atoms with Crippen LogP contribution in [-0.4, -0.2) is 60.9 Å². The summed E-state index contributed by atoms with van der Waals surface area (Å²) in [6.07, 6.45) is 0. The molecule has 0 saturated carbocycles. The van der Waals surface area contributed by atoms with Crippen LogP contribution in [0.3, 0.4) is 0 Å². The largest absolute Gasteiger partial charge is 0.348 e. The molecule has 1 fully saturated rings. The van der Waals surface area contributed by atoms with E-state index in [-0.39, 0.29) is 24.4 Å². The van der Waals surface area contributed by atoms with E-state index in [1.807, 2.05) is 25.1 Å². The van der Waals surface area contributed by atoms with Gasteiger partial charge in [0.05, 0.1) is 29.8 Å². The molecule has 31 heavy (non-hydrogen) atoms. The Labute approximate surface area is 197 Å². The van der Waals surface area contributed by atoms with Crippen molar-refractivity contribution in [3.8, 4) is 0 Å². The number of carbonyl (C=O) groups is 2. The van der Waals surface area contributed by atoms with Gasteiger partial charge in [0.2, 0.25) is 11.8 Å². The SMILES string of the molecule is CC(NC(=O)CN1CCN(CC(=O)Nc2ccccc2Cl)CC1)c1ccc(Cl)cc1Cl. The van der Waals surface area contributed by atoms with Crippen LogP contribution < -0.4 is 10.6 Å². The fourth-order valence-corrected chi connectivity index (χ4v) is 4.24. The number of carbonyl (C=O) groups excluding carboxylic acids is 2. The normalized spacial score (nSPS) is 16.0. The van der Waals surface area contributed by atoms with Crippen molar-refractivity contribution in [2.75, 3.05) is 44.6 Å². The molecule has 2 aromatic carbocycles. The molecular formula is C22H25Cl3N4O2. The molecule has 1 aliphatic heterocycles. The average Bonchev–Trinajstić information content (AvgIpc) is 2.71.